The summed E-state index contributed by atoms with van der Waals surface area (Å²) >= 11 is 0. The van der Waals surface area contributed by atoms with E-state index in [-0.39, 0.29) is 5.41 Å². The second kappa shape index (κ2) is 2.51. The summed E-state index contributed by atoms with van der Waals surface area (Å²) in [5.41, 5.74) is -0.751. The first-order valence-corrected chi connectivity index (χ1v) is 3.89. The van der Waals surface area contributed by atoms with Crippen LogP contribution in [0.15, 0.2) is 0 Å². The van der Waals surface area contributed by atoms with E-state index < -0.39 is 5.60 Å². The fourth-order valence-corrected chi connectivity index (χ4v) is 0.754. The number of aliphatic hydroxyl groups is 1. The molecule has 2 heteroatoms. The van der Waals surface area contributed by atoms with Crippen molar-refractivity contribution in [2.45, 2.75) is 26.4 Å². The maximum Gasteiger partial charge on any atom is 0.150 e. The van der Waals surface area contributed by atoms with Gasteiger partial charge in [-0.2, -0.15) is 0 Å². The summed E-state index contributed by atoms with van der Waals surface area (Å²) in [4.78, 5) is 0. The van der Waals surface area contributed by atoms with Gasteiger partial charge in [0.2, 0.25) is 0 Å². The molecule has 0 radical (unpaired) electrons. The number of nitrogens with one attached hydrogen (secondary N) is 1. The predicted octanol–water partition coefficient (Wildman–Crippen LogP) is 0.370. The third kappa shape index (κ3) is 2.53. The van der Waals surface area contributed by atoms with Gasteiger partial charge in [-0.25, -0.2) is 0 Å². The van der Waals surface area contributed by atoms with E-state index in [0.29, 0.717) is 13.1 Å². The summed E-state index contributed by atoms with van der Waals surface area (Å²) < 4.78 is 0. The Balaban J connectivity index is 2.56. The fourth-order valence-electron chi connectivity index (χ4n) is 0.754. The van der Waals surface area contributed by atoms with E-state index in [1.165, 1.54) is 0 Å². The minimum absolute atomic E-state index is 0.00861. The molecule has 1 saturated heterocycles. The maximum absolute atomic E-state index is 9.54. The summed E-state index contributed by atoms with van der Waals surface area (Å²) in [6.07, 6.45) is 0. The Morgan fingerprint density at radius 2 is 1.91 bits per heavy atom. The van der Waals surface area contributed by atoms with Crippen molar-refractivity contribution in [3.8, 4) is 11.8 Å². The molecule has 0 aromatic carbocycles. The standard InChI is InChI=1S/C9H15NO/c1-8(2,3)4-5-9(11)6-10-7-9/h10-11H,6-7H2,1-3H3. The first-order valence-electron chi connectivity index (χ1n) is 3.89. The van der Waals surface area contributed by atoms with E-state index in [1.807, 2.05) is 20.8 Å². The highest BCUT2D eigenvalue weighted by molar-refractivity contribution is 5.22. The molecular formula is C9H15NO. The number of β-amino-alcohol motifs (C(OH)–C–C–N with tert-alkyl or cyclic N) is 1. The lowest BCUT2D eigenvalue weighted by atomic mass is 9.92. The largest absolute Gasteiger partial charge is 0.375 e. The van der Waals surface area contributed by atoms with Crippen LogP contribution in [0.4, 0.5) is 0 Å². The molecule has 0 amide bonds. The smallest absolute Gasteiger partial charge is 0.150 e. The second-order valence-corrected chi connectivity index (χ2v) is 4.14. The molecule has 2 N–H and O–H groups in total. The van der Waals surface area contributed by atoms with Gasteiger partial charge in [-0.05, 0) is 20.8 Å². The summed E-state index contributed by atoms with van der Waals surface area (Å²) in [6, 6.07) is 0. The average Bonchev–Trinajstić information content (AvgIpc) is 1.77. The van der Waals surface area contributed by atoms with Gasteiger partial charge in [-0.1, -0.05) is 11.8 Å². The van der Waals surface area contributed by atoms with Gasteiger partial charge in [0, 0.05) is 18.5 Å². The lowest BCUT2D eigenvalue weighted by Gasteiger charge is -2.32. The van der Waals surface area contributed by atoms with Gasteiger partial charge in [-0.15, -0.1) is 0 Å². The number of rotatable bonds is 0. The molecule has 1 aliphatic rings. The van der Waals surface area contributed by atoms with Crippen LogP contribution < -0.4 is 5.32 Å². The third-order valence-electron chi connectivity index (χ3n) is 1.51. The van der Waals surface area contributed by atoms with Crippen molar-refractivity contribution < 1.29 is 5.11 Å². The predicted molar refractivity (Wildman–Crippen MR) is 45.1 cm³/mol. The van der Waals surface area contributed by atoms with E-state index in [4.69, 9.17) is 0 Å². The molecule has 2 nitrogen and oxygen atoms in total. The van der Waals surface area contributed by atoms with Gasteiger partial charge in [0.05, 0.1) is 0 Å². The van der Waals surface area contributed by atoms with Gasteiger partial charge in [-0.3, -0.25) is 0 Å². The molecule has 1 aliphatic heterocycles. The fraction of sp³-hybridized carbons (Fsp3) is 0.778. The molecule has 1 fully saturated rings. The summed E-state index contributed by atoms with van der Waals surface area (Å²) in [7, 11) is 0. The summed E-state index contributed by atoms with van der Waals surface area (Å²) in [6.45, 7) is 7.33. The highest BCUT2D eigenvalue weighted by Crippen LogP contribution is 2.13. The van der Waals surface area contributed by atoms with Crippen molar-refractivity contribution in [2.75, 3.05) is 13.1 Å². The Hall–Kier alpha value is -0.520. The van der Waals surface area contributed by atoms with Crippen LogP contribution in [0.5, 0.6) is 0 Å². The van der Waals surface area contributed by atoms with Gasteiger partial charge in [0.15, 0.2) is 0 Å². The topological polar surface area (TPSA) is 32.3 Å². The van der Waals surface area contributed by atoms with Crippen LogP contribution in [-0.4, -0.2) is 23.8 Å². The SMILES string of the molecule is CC(C)(C)C#CC1(O)CNC1. The quantitative estimate of drug-likeness (QED) is 0.493. The van der Waals surface area contributed by atoms with Crippen molar-refractivity contribution in [2.24, 2.45) is 5.41 Å². The Morgan fingerprint density at radius 3 is 2.18 bits per heavy atom. The molecule has 0 saturated carbocycles. The minimum atomic E-state index is -0.743. The lowest BCUT2D eigenvalue weighted by molar-refractivity contribution is 0.0469. The van der Waals surface area contributed by atoms with E-state index in [1.54, 1.807) is 0 Å². The van der Waals surface area contributed by atoms with E-state index in [2.05, 4.69) is 17.2 Å². The zero-order valence-electron chi connectivity index (χ0n) is 7.36. The summed E-state index contributed by atoms with van der Waals surface area (Å²) in [5, 5.41) is 12.5. The first-order chi connectivity index (χ1) is 4.91. The maximum atomic E-state index is 9.54. The minimum Gasteiger partial charge on any atom is -0.375 e. The summed E-state index contributed by atoms with van der Waals surface area (Å²) in [5.74, 6) is 5.90. The van der Waals surface area contributed by atoms with Gasteiger partial charge in [0.25, 0.3) is 0 Å². The molecule has 0 aromatic rings. The molecule has 0 bridgehead atoms. The van der Waals surface area contributed by atoms with Gasteiger partial charge in [0.1, 0.15) is 5.60 Å². The Bertz CT molecular complexity index is 200. The Kier molecular flexibility index (Phi) is 1.96. The second-order valence-electron chi connectivity index (χ2n) is 4.14. The van der Waals surface area contributed by atoms with E-state index in [9.17, 15) is 5.11 Å². The van der Waals surface area contributed by atoms with E-state index >= 15 is 0 Å². The molecule has 0 atom stereocenters. The number of hydrogen-bond donors (Lipinski definition) is 2. The number of hydrogen-bond acceptors (Lipinski definition) is 2. The van der Waals surface area contributed by atoms with Crippen LogP contribution in [0, 0.1) is 17.3 Å². The van der Waals surface area contributed by atoms with Crippen molar-refractivity contribution in [3.05, 3.63) is 0 Å². The molecule has 0 spiro atoms. The van der Waals surface area contributed by atoms with Crippen molar-refractivity contribution in [1.29, 1.82) is 0 Å². The normalized spacial score (nSPS) is 21.5. The monoisotopic (exact) mass is 153 g/mol. The van der Waals surface area contributed by atoms with Crippen LogP contribution in [0.1, 0.15) is 20.8 Å². The first kappa shape index (κ1) is 8.58. The Labute approximate surface area is 68.0 Å². The van der Waals surface area contributed by atoms with Crippen LogP contribution >= 0.6 is 0 Å². The van der Waals surface area contributed by atoms with Crippen LogP contribution in [0.25, 0.3) is 0 Å². The van der Waals surface area contributed by atoms with Gasteiger partial charge < -0.3 is 10.4 Å². The highest BCUT2D eigenvalue weighted by Gasteiger charge is 2.32. The average molecular weight is 153 g/mol. The van der Waals surface area contributed by atoms with Crippen molar-refractivity contribution in [1.82, 2.24) is 5.32 Å². The molecule has 1 rings (SSSR count). The molecular weight excluding hydrogens is 138 g/mol. The van der Waals surface area contributed by atoms with Crippen LogP contribution in [-0.2, 0) is 0 Å². The zero-order chi connectivity index (χ0) is 8.54. The molecule has 62 valence electrons. The van der Waals surface area contributed by atoms with Crippen molar-refractivity contribution >= 4 is 0 Å². The molecule has 0 aliphatic carbocycles. The Morgan fingerprint density at radius 1 is 1.36 bits per heavy atom. The van der Waals surface area contributed by atoms with Gasteiger partial charge >= 0.3 is 0 Å². The van der Waals surface area contributed by atoms with Crippen LogP contribution in [0.2, 0.25) is 0 Å². The molecule has 11 heavy (non-hydrogen) atoms. The molecule has 1 heterocycles. The van der Waals surface area contributed by atoms with E-state index in [0.717, 1.165) is 0 Å². The molecule has 0 aromatic heterocycles. The highest BCUT2D eigenvalue weighted by atomic mass is 16.3. The molecule has 0 unspecified atom stereocenters. The van der Waals surface area contributed by atoms with Crippen LogP contribution in [0.3, 0.4) is 0 Å². The zero-order valence-corrected chi connectivity index (χ0v) is 7.36. The lowest BCUT2D eigenvalue weighted by Crippen LogP contribution is -2.58. The van der Waals surface area contributed by atoms with Crippen molar-refractivity contribution in [3.63, 3.8) is 0 Å². The third-order valence-corrected chi connectivity index (χ3v) is 1.51.